The second kappa shape index (κ2) is 7.08. The number of hydrogen-bond donors (Lipinski definition) is 0. The topological polar surface area (TPSA) is 46.4 Å². The Morgan fingerprint density at radius 3 is 1.95 bits per heavy atom. The van der Waals surface area contributed by atoms with Gasteiger partial charge < -0.3 is 0 Å². The van der Waals surface area contributed by atoms with Crippen molar-refractivity contribution in [3.05, 3.63) is 46.5 Å². The molecule has 4 nitrogen and oxygen atoms in total. The number of benzene rings is 1. The molecule has 7 heteroatoms. The second-order valence-electron chi connectivity index (χ2n) is 4.23. The normalized spacial score (nSPS) is 19.6. The molecule has 0 bridgehead atoms. The fourth-order valence-corrected chi connectivity index (χ4v) is 1.77. The van der Waals surface area contributed by atoms with Crippen LogP contribution in [0.15, 0.2) is 36.4 Å². The van der Waals surface area contributed by atoms with E-state index in [0.29, 0.717) is 0 Å². The van der Waals surface area contributed by atoms with Crippen LogP contribution in [0.2, 0.25) is 0 Å². The van der Waals surface area contributed by atoms with Crippen LogP contribution in [-0.4, -0.2) is 41.7 Å². The number of nitro groups is 1. The third-order valence-electron chi connectivity index (χ3n) is 2.62. The Hall–Kier alpha value is -1.63. The Bertz CT molecular complexity index is 358. The Morgan fingerprint density at radius 1 is 1.16 bits per heavy atom. The Labute approximate surface area is 109 Å². The van der Waals surface area contributed by atoms with Crippen LogP contribution in [0.25, 0.3) is 0 Å². The first-order valence-corrected chi connectivity index (χ1v) is 5.81. The maximum absolute atomic E-state index is 11.8. The van der Waals surface area contributed by atoms with E-state index < -0.39 is 23.7 Å². The highest BCUT2D eigenvalue weighted by molar-refractivity contribution is 4.99. The maximum atomic E-state index is 11.8. The van der Waals surface area contributed by atoms with Crippen LogP contribution >= 0.6 is 0 Å². The monoisotopic (exact) mass is 276 g/mol. The fourth-order valence-electron chi connectivity index (χ4n) is 1.77. The highest BCUT2D eigenvalue weighted by atomic mass is 19.4. The van der Waals surface area contributed by atoms with E-state index in [-0.39, 0.29) is 19.5 Å². The fraction of sp³-hybridized carbons (Fsp3) is 0.500. The third-order valence-corrected chi connectivity index (χ3v) is 2.62. The summed E-state index contributed by atoms with van der Waals surface area (Å²) in [5.41, 5.74) is 0. The van der Waals surface area contributed by atoms with E-state index in [9.17, 15) is 23.3 Å². The lowest BCUT2D eigenvalue weighted by atomic mass is 10.3. The number of likely N-dealkylation sites (tertiary alicyclic amines) is 1. The molecular formula is C12H15F3N2O2. The van der Waals surface area contributed by atoms with Crippen LogP contribution in [-0.2, 0) is 0 Å². The molecule has 1 aromatic carbocycles. The first-order valence-electron chi connectivity index (χ1n) is 5.81. The van der Waals surface area contributed by atoms with Gasteiger partial charge in [-0.05, 0) is 0 Å². The average molecular weight is 276 g/mol. The number of alkyl halides is 3. The number of hydrogen-bond acceptors (Lipinski definition) is 3. The SMILES string of the molecule is O=[N+]([O-])C1CCN(CC(F)(F)F)C1.c1ccccc1. The molecule has 1 unspecified atom stereocenters. The predicted octanol–water partition coefficient (Wildman–Crippen LogP) is 2.59. The molecule has 1 saturated heterocycles. The van der Waals surface area contributed by atoms with Crippen LogP contribution in [0.3, 0.4) is 0 Å². The number of rotatable bonds is 2. The van der Waals surface area contributed by atoms with Crippen molar-refractivity contribution in [2.24, 2.45) is 0 Å². The van der Waals surface area contributed by atoms with Crippen LogP contribution in [0.1, 0.15) is 6.42 Å². The van der Waals surface area contributed by atoms with E-state index in [4.69, 9.17) is 0 Å². The van der Waals surface area contributed by atoms with Crippen LogP contribution in [0.5, 0.6) is 0 Å². The lowest BCUT2D eigenvalue weighted by Gasteiger charge is -2.15. The van der Waals surface area contributed by atoms with E-state index in [1.165, 1.54) is 0 Å². The van der Waals surface area contributed by atoms with Crippen molar-refractivity contribution in [3.8, 4) is 0 Å². The predicted molar refractivity (Wildman–Crippen MR) is 64.3 cm³/mol. The Kier molecular flexibility index (Phi) is 5.75. The molecule has 106 valence electrons. The van der Waals surface area contributed by atoms with E-state index in [1.807, 2.05) is 36.4 Å². The highest BCUT2D eigenvalue weighted by Gasteiger charge is 2.37. The summed E-state index contributed by atoms with van der Waals surface area (Å²) < 4.78 is 35.5. The lowest BCUT2D eigenvalue weighted by molar-refractivity contribution is -0.518. The van der Waals surface area contributed by atoms with Crippen molar-refractivity contribution < 1.29 is 18.1 Å². The average Bonchev–Trinajstić information content (AvgIpc) is 2.78. The number of halogens is 3. The summed E-state index contributed by atoms with van der Waals surface area (Å²) in [5.74, 6) is 0. The summed E-state index contributed by atoms with van der Waals surface area (Å²) in [7, 11) is 0. The van der Waals surface area contributed by atoms with Gasteiger partial charge in [-0.1, -0.05) is 36.4 Å². The Balaban J connectivity index is 0.000000250. The van der Waals surface area contributed by atoms with Gasteiger partial charge in [0.2, 0.25) is 6.04 Å². The third kappa shape index (κ3) is 6.76. The first-order chi connectivity index (χ1) is 8.88. The van der Waals surface area contributed by atoms with Gasteiger partial charge in [0.15, 0.2) is 0 Å². The summed E-state index contributed by atoms with van der Waals surface area (Å²) >= 11 is 0. The van der Waals surface area contributed by atoms with Crippen molar-refractivity contribution in [1.29, 1.82) is 0 Å². The van der Waals surface area contributed by atoms with E-state index >= 15 is 0 Å². The minimum absolute atomic E-state index is 0.0908. The van der Waals surface area contributed by atoms with Crippen molar-refractivity contribution in [2.75, 3.05) is 19.6 Å². The molecule has 0 saturated carbocycles. The highest BCUT2D eigenvalue weighted by Crippen LogP contribution is 2.20. The maximum Gasteiger partial charge on any atom is 0.401 e. The van der Waals surface area contributed by atoms with Crippen LogP contribution in [0.4, 0.5) is 13.2 Å². The summed E-state index contributed by atoms with van der Waals surface area (Å²) in [6.45, 7) is -0.977. The molecular weight excluding hydrogens is 261 g/mol. The lowest BCUT2D eigenvalue weighted by Crippen LogP contribution is -2.34. The summed E-state index contributed by atoms with van der Waals surface area (Å²) in [6.07, 6.45) is -4.05. The molecule has 0 amide bonds. The molecule has 1 aliphatic rings. The van der Waals surface area contributed by atoms with Crippen LogP contribution in [0, 0.1) is 10.1 Å². The second-order valence-corrected chi connectivity index (χ2v) is 4.23. The molecule has 1 heterocycles. The summed E-state index contributed by atoms with van der Waals surface area (Å²) in [6, 6.07) is 11.2. The van der Waals surface area contributed by atoms with Gasteiger partial charge in [-0.3, -0.25) is 15.0 Å². The van der Waals surface area contributed by atoms with Crippen molar-refractivity contribution >= 4 is 0 Å². The summed E-state index contributed by atoms with van der Waals surface area (Å²) in [4.78, 5) is 10.8. The molecule has 0 aliphatic carbocycles. The van der Waals surface area contributed by atoms with Gasteiger partial charge in [0, 0.05) is 17.9 Å². The molecule has 0 spiro atoms. The largest absolute Gasteiger partial charge is 0.401 e. The molecule has 0 radical (unpaired) electrons. The van der Waals surface area contributed by atoms with Gasteiger partial charge in [0.1, 0.15) is 0 Å². The molecule has 19 heavy (non-hydrogen) atoms. The van der Waals surface area contributed by atoms with Crippen molar-refractivity contribution in [2.45, 2.75) is 18.6 Å². The number of nitrogens with zero attached hydrogens (tertiary/aromatic N) is 2. The van der Waals surface area contributed by atoms with E-state index in [0.717, 1.165) is 4.90 Å². The van der Waals surface area contributed by atoms with E-state index in [2.05, 4.69) is 0 Å². The molecule has 1 fully saturated rings. The standard InChI is InChI=1S/C6H9F3N2O2.C6H6/c7-6(8,9)4-10-2-1-5(3-10)11(12)13;1-2-4-6-5-3-1/h5H,1-4H2;1-6H. The van der Waals surface area contributed by atoms with Gasteiger partial charge in [-0.2, -0.15) is 13.2 Å². The Morgan fingerprint density at radius 2 is 1.63 bits per heavy atom. The van der Waals surface area contributed by atoms with Gasteiger partial charge in [-0.15, -0.1) is 0 Å². The molecule has 1 aromatic rings. The van der Waals surface area contributed by atoms with Gasteiger partial charge in [-0.25, -0.2) is 0 Å². The molecule has 0 N–H and O–H groups in total. The van der Waals surface area contributed by atoms with Crippen molar-refractivity contribution in [3.63, 3.8) is 0 Å². The zero-order valence-corrected chi connectivity index (χ0v) is 10.2. The van der Waals surface area contributed by atoms with Gasteiger partial charge >= 0.3 is 6.18 Å². The first kappa shape index (κ1) is 15.4. The van der Waals surface area contributed by atoms with Gasteiger partial charge in [0.05, 0.1) is 13.1 Å². The summed E-state index contributed by atoms with van der Waals surface area (Å²) in [5, 5.41) is 10.2. The zero-order chi connectivity index (χ0) is 14.3. The quantitative estimate of drug-likeness (QED) is 0.616. The van der Waals surface area contributed by atoms with E-state index in [1.54, 1.807) is 0 Å². The van der Waals surface area contributed by atoms with Gasteiger partial charge in [0.25, 0.3) is 0 Å². The van der Waals surface area contributed by atoms with Crippen molar-refractivity contribution in [1.82, 2.24) is 4.90 Å². The minimum Gasteiger partial charge on any atom is -0.288 e. The molecule has 0 aromatic heterocycles. The molecule has 2 rings (SSSR count). The molecule has 1 atom stereocenters. The zero-order valence-electron chi connectivity index (χ0n) is 10.2. The minimum atomic E-state index is -4.26. The molecule has 1 aliphatic heterocycles. The smallest absolute Gasteiger partial charge is 0.288 e. The van der Waals surface area contributed by atoms with Crippen LogP contribution < -0.4 is 0 Å².